The van der Waals surface area contributed by atoms with E-state index < -0.39 is 0 Å². The van der Waals surface area contributed by atoms with Crippen LogP contribution in [0.3, 0.4) is 0 Å². The van der Waals surface area contributed by atoms with Gasteiger partial charge in [-0.2, -0.15) is 5.10 Å². The second kappa shape index (κ2) is 5.17. The van der Waals surface area contributed by atoms with E-state index in [-0.39, 0.29) is 0 Å². The van der Waals surface area contributed by atoms with Crippen molar-refractivity contribution < 1.29 is 0 Å². The lowest BCUT2D eigenvalue weighted by Crippen LogP contribution is -1.94. The van der Waals surface area contributed by atoms with Gasteiger partial charge in [0.1, 0.15) is 5.15 Å². The quantitative estimate of drug-likeness (QED) is 0.772. The van der Waals surface area contributed by atoms with Crippen molar-refractivity contribution in [3.05, 3.63) is 16.4 Å². The van der Waals surface area contributed by atoms with Gasteiger partial charge >= 0.3 is 0 Å². The Kier molecular flexibility index (Phi) is 4.45. The third kappa shape index (κ3) is 2.99. The standard InChI is InChI=1S/C10H16BrClN2/c1-7(11)5-4-6-9-8(2)13-14(3)10(9)12/h7H,4-6H2,1-3H3. The van der Waals surface area contributed by atoms with E-state index in [0.29, 0.717) is 4.83 Å². The van der Waals surface area contributed by atoms with Crippen molar-refractivity contribution in [3.8, 4) is 0 Å². The summed E-state index contributed by atoms with van der Waals surface area (Å²) in [5.41, 5.74) is 2.25. The largest absolute Gasteiger partial charge is 0.257 e. The molecule has 14 heavy (non-hydrogen) atoms. The summed E-state index contributed by atoms with van der Waals surface area (Å²) in [6.07, 6.45) is 3.35. The average molecular weight is 280 g/mol. The van der Waals surface area contributed by atoms with Gasteiger partial charge in [-0.3, -0.25) is 4.68 Å². The number of nitrogens with zero attached hydrogens (tertiary/aromatic N) is 2. The van der Waals surface area contributed by atoms with E-state index in [9.17, 15) is 0 Å². The van der Waals surface area contributed by atoms with Crippen LogP contribution in [0.15, 0.2) is 0 Å². The zero-order valence-electron chi connectivity index (χ0n) is 8.85. The number of hydrogen-bond donors (Lipinski definition) is 0. The fraction of sp³-hybridized carbons (Fsp3) is 0.700. The monoisotopic (exact) mass is 278 g/mol. The molecular formula is C10H16BrClN2. The molecule has 0 bridgehead atoms. The predicted octanol–water partition coefficient (Wildman–Crippen LogP) is 3.49. The molecule has 0 saturated heterocycles. The lowest BCUT2D eigenvalue weighted by molar-refractivity contribution is 0.733. The molecule has 4 heteroatoms. The number of aromatic nitrogens is 2. The van der Waals surface area contributed by atoms with E-state index in [1.165, 1.54) is 12.0 Å². The van der Waals surface area contributed by atoms with Crippen molar-refractivity contribution in [2.75, 3.05) is 0 Å². The van der Waals surface area contributed by atoms with Crippen molar-refractivity contribution in [3.63, 3.8) is 0 Å². The first-order chi connectivity index (χ1) is 6.52. The van der Waals surface area contributed by atoms with E-state index in [1.54, 1.807) is 4.68 Å². The molecule has 0 aliphatic carbocycles. The van der Waals surface area contributed by atoms with E-state index in [4.69, 9.17) is 11.6 Å². The zero-order chi connectivity index (χ0) is 10.7. The molecule has 0 aliphatic heterocycles. The van der Waals surface area contributed by atoms with Gasteiger partial charge in [0, 0.05) is 17.4 Å². The van der Waals surface area contributed by atoms with Crippen LogP contribution in [0.25, 0.3) is 0 Å². The highest BCUT2D eigenvalue weighted by atomic mass is 79.9. The van der Waals surface area contributed by atoms with Crippen molar-refractivity contribution in [2.45, 2.75) is 37.9 Å². The van der Waals surface area contributed by atoms with Gasteiger partial charge in [0.15, 0.2) is 0 Å². The van der Waals surface area contributed by atoms with E-state index >= 15 is 0 Å². The first kappa shape index (κ1) is 12.1. The van der Waals surface area contributed by atoms with Crippen LogP contribution in [0.2, 0.25) is 5.15 Å². The lowest BCUT2D eigenvalue weighted by Gasteiger charge is -2.02. The van der Waals surface area contributed by atoms with Gasteiger partial charge in [-0.25, -0.2) is 0 Å². The predicted molar refractivity (Wildman–Crippen MR) is 64.3 cm³/mol. The first-order valence-corrected chi connectivity index (χ1v) is 6.13. The van der Waals surface area contributed by atoms with Crippen LogP contribution in [0.4, 0.5) is 0 Å². The summed E-state index contributed by atoms with van der Waals surface area (Å²) in [6, 6.07) is 0. The summed E-state index contributed by atoms with van der Waals surface area (Å²) in [7, 11) is 1.88. The molecule has 1 atom stereocenters. The summed E-state index contributed by atoms with van der Waals surface area (Å²) in [4.78, 5) is 0.582. The Labute approximate surface area is 98.8 Å². The molecule has 1 unspecified atom stereocenters. The highest BCUT2D eigenvalue weighted by Gasteiger charge is 2.10. The highest BCUT2D eigenvalue weighted by Crippen LogP contribution is 2.21. The topological polar surface area (TPSA) is 17.8 Å². The van der Waals surface area contributed by atoms with Gasteiger partial charge in [-0.15, -0.1) is 0 Å². The Morgan fingerprint density at radius 2 is 2.21 bits per heavy atom. The van der Waals surface area contributed by atoms with Gasteiger partial charge in [0.25, 0.3) is 0 Å². The second-order valence-electron chi connectivity index (χ2n) is 3.65. The maximum atomic E-state index is 6.12. The number of rotatable bonds is 4. The Morgan fingerprint density at radius 3 is 2.64 bits per heavy atom. The molecule has 0 aromatic carbocycles. The summed E-state index contributed by atoms with van der Waals surface area (Å²) < 4.78 is 1.74. The van der Waals surface area contributed by atoms with Crippen LogP contribution in [0, 0.1) is 6.92 Å². The Balaban J connectivity index is 2.58. The molecule has 0 amide bonds. The Hall–Kier alpha value is -0.0200. The molecule has 1 aromatic rings. The smallest absolute Gasteiger partial charge is 0.130 e. The Morgan fingerprint density at radius 1 is 1.57 bits per heavy atom. The minimum Gasteiger partial charge on any atom is -0.257 e. The fourth-order valence-corrected chi connectivity index (χ4v) is 2.11. The van der Waals surface area contributed by atoms with E-state index in [1.807, 2.05) is 14.0 Å². The number of hydrogen-bond acceptors (Lipinski definition) is 1. The highest BCUT2D eigenvalue weighted by molar-refractivity contribution is 9.09. The number of alkyl halides is 1. The third-order valence-corrected chi connectivity index (χ3v) is 3.23. The molecule has 0 N–H and O–H groups in total. The number of aryl methyl sites for hydroxylation is 2. The molecular weight excluding hydrogens is 263 g/mol. The van der Waals surface area contributed by atoms with Crippen LogP contribution in [0.5, 0.6) is 0 Å². The van der Waals surface area contributed by atoms with Gasteiger partial charge in [0.05, 0.1) is 5.69 Å². The zero-order valence-corrected chi connectivity index (χ0v) is 11.2. The van der Waals surface area contributed by atoms with Crippen LogP contribution in [0.1, 0.15) is 31.0 Å². The SMILES string of the molecule is Cc1nn(C)c(Cl)c1CCCC(C)Br. The van der Waals surface area contributed by atoms with Gasteiger partial charge in [-0.05, 0) is 26.2 Å². The average Bonchev–Trinajstić information content (AvgIpc) is 2.31. The van der Waals surface area contributed by atoms with Gasteiger partial charge in [-0.1, -0.05) is 34.5 Å². The van der Waals surface area contributed by atoms with E-state index in [2.05, 4.69) is 28.0 Å². The fourth-order valence-electron chi connectivity index (χ4n) is 1.52. The summed E-state index contributed by atoms with van der Waals surface area (Å²) in [5, 5.41) is 5.06. The maximum Gasteiger partial charge on any atom is 0.130 e. The summed E-state index contributed by atoms with van der Waals surface area (Å²) in [5.74, 6) is 0. The van der Waals surface area contributed by atoms with E-state index in [0.717, 1.165) is 23.7 Å². The third-order valence-electron chi connectivity index (χ3n) is 2.30. The van der Waals surface area contributed by atoms with Crippen molar-refractivity contribution >= 4 is 27.5 Å². The Bertz CT molecular complexity index is 307. The molecule has 0 spiro atoms. The van der Waals surface area contributed by atoms with Gasteiger partial charge in [0.2, 0.25) is 0 Å². The molecule has 0 fully saturated rings. The minimum atomic E-state index is 0.582. The molecule has 0 saturated carbocycles. The van der Waals surface area contributed by atoms with Gasteiger partial charge < -0.3 is 0 Å². The van der Waals surface area contributed by atoms with Crippen LogP contribution >= 0.6 is 27.5 Å². The maximum absolute atomic E-state index is 6.12. The number of halogens is 2. The minimum absolute atomic E-state index is 0.582. The van der Waals surface area contributed by atoms with Crippen LogP contribution in [-0.2, 0) is 13.5 Å². The summed E-state index contributed by atoms with van der Waals surface area (Å²) >= 11 is 9.65. The van der Waals surface area contributed by atoms with Crippen LogP contribution < -0.4 is 0 Å². The first-order valence-electron chi connectivity index (χ1n) is 4.84. The van der Waals surface area contributed by atoms with Crippen LogP contribution in [-0.4, -0.2) is 14.6 Å². The molecule has 0 radical (unpaired) electrons. The van der Waals surface area contributed by atoms with Crippen molar-refractivity contribution in [2.24, 2.45) is 7.05 Å². The molecule has 1 rings (SSSR count). The molecule has 80 valence electrons. The lowest BCUT2D eigenvalue weighted by atomic mass is 10.1. The van der Waals surface area contributed by atoms with Crippen molar-refractivity contribution in [1.29, 1.82) is 0 Å². The van der Waals surface area contributed by atoms with Crippen molar-refractivity contribution in [1.82, 2.24) is 9.78 Å². The molecule has 0 aliphatic rings. The molecule has 1 aromatic heterocycles. The molecule has 2 nitrogen and oxygen atoms in total. The molecule has 1 heterocycles. The normalized spacial score (nSPS) is 13.2. The second-order valence-corrected chi connectivity index (χ2v) is 5.57. The summed E-state index contributed by atoms with van der Waals surface area (Å²) in [6.45, 7) is 4.18.